The smallest absolute Gasteiger partial charge is 0.290 e. The first-order valence-electron chi connectivity index (χ1n) is 6.41. The molecule has 1 fully saturated rings. The summed E-state index contributed by atoms with van der Waals surface area (Å²) in [5.74, 6) is 1.30. The molecule has 0 aromatic carbocycles. The van der Waals surface area contributed by atoms with E-state index in [2.05, 4.69) is 25.6 Å². The van der Waals surface area contributed by atoms with Gasteiger partial charge in [-0.05, 0) is 18.9 Å². The number of amides is 1. The van der Waals surface area contributed by atoms with Crippen LogP contribution in [0, 0.1) is 0 Å². The Morgan fingerprint density at radius 1 is 1.58 bits per heavy atom. The molecule has 1 aliphatic carbocycles. The summed E-state index contributed by atoms with van der Waals surface area (Å²) in [5, 5.41) is 13.7. The van der Waals surface area contributed by atoms with E-state index in [9.17, 15) is 4.79 Å². The van der Waals surface area contributed by atoms with Gasteiger partial charge in [0, 0.05) is 37.8 Å². The van der Waals surface area contributed by atoms with Crippen LogP contribution >= 0.6 is 0 Å². The minimum atomic E-state index is -0.231. The molecule has 1 aliphatic rings. The number of nitrogens with zero attached hydrogens (tertiary/aromatic N) is 4. The van der Waals surface area contributed by atoms with Crippen molar-refractivity contribution in [2.24, 2.45) is 7.05 Å². The van der Waals surface area contributed by atoms with E-state index in [0.29, 0.717) is 12.5 Å². The van der Waals surface area contributed by atoms with Crippen LogP contribution in [0.5, 0.6) is 0 Å². The summed E-state index contributed by atoms with van der Waals surface area (Å²) in [5.41, 5.74) is 1.08. The van der Waals surface area contributed by atoms with Crippen LogP contribution in [0.15, 0.2) is 12.3 Å². The molecule has 0 spiro atoms. The van der Waals surface area contributed by atoms with E-state index in [1.807, 2.05) is 13.1 Å². The van der Waals surface area contributed by atoms with Crippen molar-refractivity contribution in [1.82, 2.24) is 30.3 Å². The van der Waals surface area contributed by atoms with Crippen molar-refractivity contribution in [3.05, 3.63) is 29.6 Å². The third-order valence-electron chi connectivity index (χ3n) is 3.26. The van der Waals surface area contributed by atoms with Gasteiger partial charge in [-0.3, -0.25) is 14.6 Å². The Kier molecular flexibility index (Phi) is 3.02. The number of carbonyl (C=O) groups excluding carboxylic acids is 1. The molecule has 2 heterocycles. The molecule has 19 heavy (non-hydrogen) atoms. The summed E-state index contributed by atoms with van der Waals surface area (Å²) in [4.78, 5) is 16.0. The molecular formula is C12H16N6O. The second kappa shape index (κ2) is 4.83. The summed E-state index contributed by atoms with van der Waals surface area (Å²) in [7, 11) is 1.88. The molecule has 1 saturated carbocycles. The van der Waals surface area contributed by atoms with E-state index in [0.717, 1.165) is 30.8 Å². The van der Waals surface area contributed by atoms with Crippen LogP contribution in [-0.2, 0) is 13.5 Å². The van der Waals surface area contributed by atoms with Crippen molar-refractivity contribution in [3.63, 3.8) is 0 Å². The fourth-order valence-corrected chi connectivity index (χ4v) is 1.94. The zero-order valence-electron chi connectivity index (χ0n) is 10.8. The Hall–Kier alpha value is -2.18. The first-order chi connectivity index (χ1) is 9.24. The predicted molar refractivity (Wildman–Crippen MR) is 67.6 cm³/mol. The fourth-order valence-electron chi connectivity index (χ4n) is 1.94. The molecule has 0 atom stereocenters. The first-order valence-corrected chi connectivity index (χ1v) is 6.41. The average Bonchev–Trinajstić information content (AvgIpc) is 2.99. The molecule has 7 nitrogen and oxygen atoms in total. The lowest BCUT2D eigenvalue weighted by Gasteiger charge is -2.03. The summed E-state index contributed by atoms with van der Waals surface area (Å²) in [6.45, 7) is 0.547. The van der Waals surface area contributed by atoms with Gasteiger partial charge in [0.1, 0.15) is 5.82 Å². The Morgan fingerprint density at radius 2 is 2.42 bits per heavy atom. The summed E-state index contributed by atoms with van der Waals surface area (Å²) >= 11 is 0. The molecule has 0 radical (unpaired) electrons. The molecule has 100 valence electrons. The molecule has 0 saturated heterocycles. The molecule has 0 unspecified atom stereocenters. The molecular weight excluding hydrogens is 244 g/mol. The standard InChI is InChI=1S/C12H16N6O/c1-18-9(5-7-14-18)4-6-13-12(19)11-15-10(16-17-11)8-2-3-8/h5,7-8H,2-4,6H2,1H3,(H,13,19)(H,15,16,17). The molecule has 3 rings (SSSR count). The maximum absolute atomic E-state index is 11.8. The SMILES string of the molecule is Cn1nccc1CCNC(=O)c1n[nH]c(C2CC2)n1. The van der Waals surface area contributed by atoms with E-state index in [4.69, 9.17) is 0 Å². The predicted octanol–water partition coefficient (Wildman–Crippen LogP) is 0.388. The highest BCUT2D eigenvalue weighted by atomic mass is 16.2. The number of carbonyl (C=O) groups is 1. The average molecular weight is 260 g/mol. The number of hydrogen-bond donors (Lipinski definition) is 2. The normalized spacial score (nSPS) is 14.6. The highest BCUT2D eigenvalue weighted by Crippen LogP contribution is 2.37. The van der Waals surface area contributed by atoms with Crippen molar-refractivity contribution in [2.75, 3.05) is 6.54 Å². The molecule has 0 aliphatic heterocycles. The quantitative estimate of drug-likeness (QED) is 0.814. The largest absolute Gasteiger partial charge is 0.349 e. The molecule has 2 aromatic heterocycles. The van der Waals surface area contributed by atoms with Crippen LogP contribution in [-0.4, -0.2) is 37.4 Å². The number of H-pyrrole nitrogens is 1. The highest BCUT2D eigenvalue weighted by Gasteiger charge is 2.28. The first kappa shape index (κ1) is 11.9. The summed E-state index contributed by atoms with van der Waals surface area (Å²) in [6, 6.07) is 1.93. The Bertz CT molecular complexity index is 583. The molecule has 7 heteroatoms. The van der Waals surface area contributed by atoms with E-state index in [1.165, 1.54) is 0 Å². The zero-order valence-corrected chi connectivity index (χ0v) is 10.8. The number of aromatic nitrogens is 5. The van der Waals surface area contributed by atoms with Crippen molar-refractivity contribution in [2.45, 2.75) is 25.2 Å². The summed E-state index contributed by atoms with van der Waals surface area (Å²) < 4.78 is 1.80. The van der Waals surface area contributed by atoms with Crippen LogP contribution in [0.1, 0.15) is 40.9 Å². The monoisotopic (exact) mass is 260 g/mol. The van der Waals surface area contributed by atoms with Crippen LogP contribution < -0.4 is 5.32 Å². The van der Waals surface area contributed by atoms with Gasteiger partial charge in [-0.1, -0.05) is 0 Å². The lowest BCUT2D eigenvalue weighted by atomic mass is 10.3. The summed E-state index contributed by atoms with van der Waals surface area (Å²) in [6.07, 6.45) is 4.75. The van der Waals surface area contributed by atoms with Crippen LogP contribution in [0.2, 0.25) is 0 Å². The second-order valence-electron chi connectivity index (χ2n) is 4.77. The van der Waals surface area contributed by atoms with Crippen LogP contribution in [0.3, 0.4) is 0 Å². The Labute approximate surface area is 110 Å². The van der Waals surface area contributed by atoms with Gasteiger partial charge < -0.3 is 5.32 Å². The van der Waals surface area contributed by atoms with Gasteiger partial charge in [-0.15, -0.1) is 5.10 Å². The fraction of sp³-hybridized carbons (Fsp3) is 0.500. The second-order valence-corrected chi connectivity index (χ2v) is 4.77. The number of aromatic amines is 1. The lowest BCUT2D eigenvalue weighted by Crippen LogP contribution is -2.27. The number of rotatable bonds is 5. The molecule has 0 bridgehead atoms. The molecule has 1 amide bonds. The minimum absolute atomic E-state index is 0.229. The maximum atomic E-state index is 11.8. The van der Waals surface area contributed by atoms with Crippen molar-refractivity contribution in [1.29, 1.82) is 0 Å². The van der Waals surface area contributed by atoms with E-state index in [-0.39, 0.29) is 11.7 Å². The van der Waals surface area contributed by atoms with Crippen molar-refractivity contribution < 1.29 is 4.79 Å². The zero-order chi connectivity index (χ0) is 13.2. The van der Waals surface area contributed by atoms with Gasteiger partial charge in [0.25, 0.3) is 5.91 Å². The third kappa shape index (κ3) is 2.64. The van der Waals surface area contributed by atoms with E-state index in [1.54, 1.807) is 10.9 Å². The van der Waals surface area contributed by atoms with Gasteiger partial charge in [-0.25, -0.2) is 4.98 Å². The number of hydrogen-bond acceptors (Lipinski definition) is 4. The highest BCUT2D eigenvalue weighted by molar-refractivity contribution is 5.90. The van der Waals surface area contributed by atoms with Gasteiger partial charge in [0.2, 0.25) is 5.82 Å². The lowest BCUT2D eigenvalue weighted by molar-refractivity contribution is 0.0944. The third-order valence-corrected chi connectivity index (χ3v) is 3.26. The van der Waals surface area contributed by atoms with Gasteiger partial charge in [0.05, 0.1) is 0 Å². The number of aryl methyl sites for hydroxylation is 1. The minimum Gasteiger partial charge on any atom is -0.349 e. The van der Waals surface area contributed by atoms with Crippen molar-refractivity contribution in [3.8, 4) is 0 Å². The topological polar surface area (TPSA) is 88.5 Å². The van der Waals surface area contributed by atoms with Crippen LogP contribution in [0.25, 0.3) is 0 Å². The molecule has 2 N–H and O–H groups in total. The van der Waals surface area contributed by atoms with Crippen molar-refractivity contribution >= 4 is 5.91 Å². The Balaban J connectivity index is 1.51. The van der Waals surface area contributed by atoms with Crippen LogP contribution in [0.4, 0.5) is 0 Å². The molecule has 2 aromatic rings. The van der Waals surface area contributed by atoms with Gasteiger partial charge >= 0.3 is 0 Å². The maximum Gasteiger partial charge on any atom is 0.290 e. The van der Waals surface area contributed by atoms with E-state index < -0.39 is 0 Å². The Morgan fingerprint density at radius 3 is 3.11 bits per heavy atom. The number of nitrogens with one attached hydrogen (secondary N) is 2. The van der Waals surface area contributed by atoms with Gasteiger partial charge in [0.15, 0.2) is 0 Å². The van der Waals surface area contributed by atoms with Gasteiger partial charge in [-0.2, -0.15) is 5.10 Å². The van der Waals surface area contributed by atoms with E-state index >= 15 is 0 Å².